The predicted molar refractivity (Wildman–Crippen MR) is 88.5 cm³/mol. The Kier molecular flexibility index (Phi) is 4.90. The summed E-state index contributed by atoms with van der Waals surface area (Å²) in [5.74, 6) is 0. The fourth-order valence-electron chi connectivity index (χ4n) is 2.35. The summed E-state index contributed by atoms with van der Waals surface area (Å²) in [5.41, 5.74) is 5.51. The van der Waals surface area contributed by atoms with E-state index >= 15 is 0 Å². The maximum absolute atomic E-state index is 10.5. The molecule has 1 nitrogen and oxygen atoms in total. The van der Waals surface area contributed by atoms with E-state index in [0.717, 1.165) is 21.2 Å². The Morgan fingerprint density at radius 3 is 2.35 bits per heavy atom. The molecule has 2 aromatic rings. The summed E-state index contributed by atoms with van der Waals surface area (Å²) in [6.07, 6.45) is -0.0110. The van der Waals surface area contributed by atoms with Crippen LogP contribution < -0.4 is 0 Å². The van der Waals surface area contributed by atoms with Crippen molar-refractivity contribution >= 4 is 27.5 Å². The molecule has 106 valence electrons. The molecule has 20 heavy (non-hydrogen) atoms. The standard InChI is InChI=1S/C17H18BrClO/c1-10-6-12(3)15(7-11(10)2)17(20)8-13-4-5-14(18)9-16(13)19/h4-7,9,17,20H,8H2,1-3H3. The molecule has 1 unspecified atom stereocenters. The van der Waals surface area contributed by atoms with Crippen molar-refractivity contribution < 1.29 is 5.11 Å². The third-order valence-electron chi connectivity index (χ3n) is 3.67. The van der Waals surface area contributed by atoms with Crippen molar-refractivity contribution in [1.82, 2.24) is 0 Å². The first-order valence-corrected chi connectivity index (χ1v) is 7.75. The van der Waals surface area contributed by atoms with Crippen LogP contribution in [-0.2, 0) is 6.42 Å². The first-order chi connectivity index (χ1) is 9.38. The van der Waals surface area contributed by atoms with Gasteiger partial charge in [0.1, 0.15) is 0 Å². The van der Waals surface area contributed by atoms with E-state index in [0.29, 0.717) is 11.4 Å². The summed E-state index contributed by atoms with van der Waals surface area (Å²) in [6.45, 7) is 6.19. The van der Waals surface area contributed by atoms with Gasteiger partial charge in [-0.2, -0.15) is 0 Å². The molecule has 0 saturated carbocycles. The van der Waals surface area contributed by atoms with Crippen LogP contribution in [0.4, 0.5) is 0 Å². The van der Waals surface area contributed by atoms with Gasteiger partial charge in [0, 0.05) is 15.9 Å². The van der Waals surface area contributed by atoms with Crippen molar-refractivity contribution in [1.29, 1.82) is 0 Å². The number of aryl methyl sites for hydroxylation is 3. The molecule has 0 radical (unpaired) electrons. The molecule has 0 aliphatic rings. The average molecular weight is 354 g/mol. The molecular weight excluding hydrogens is 336 g/mol. The first-order valence-electron chi connectivity index (χ1n) is 6.58. The average Bonchev–Trinajstić information content (AvgIpc) is 2.37. The van der Waals surface area contributed by atoms with Gasteiger partial charge in [-0.3, -0.25) is 0 Å². The Morgan fingerprint density at radius 1 is 1.05 bits per heavy atom. The summed E-state index contributed by atoms with van der Waals surface area (Å²) in [5, 5.41) is 11.2. The minimum absolute atomic E-state index is 0.523. The van der Waals surface area contributed by atoms with Gasteiger partial charge >= 0.3 is 0 Å². The fourth-order valence-corrected chi connectivity index (χ4v) is 3.10. The van der Waals surface area contributed by atoms with Gasteiger partial charge in [0.05, 0.1) is 6.10 Å². The van der Waals surface area contributed by atoms with Crippen molar-refractivity contribution in [3.05, 3.63) is 67.6 Å². The molecule has 1 N–H and O–H groups in total. The van der Waals surface area contributed by atoms with Crippen LogP contribution >= 0.6 is 27.5 Å². The van der Waals surface area contributed by atoms with E-state index in [-0.39, 0.29) is 0 Å². The van der Waals surface area contributed by atoms with Crippen molar-refractivity contribution in [3.63, 3.8) is 0 Å². The van der Waals surface area contributed by atoms with Gasteiger partial charge < -0.3 is 5.11 Å². The minimum atomic E-state index is -0.534. The highest BCUT2D eigenvalue weighted by atomic mass is 79.9. The lowest BCUT2D eigenvalue weighted by atomic mass is 9.94. The van der Waals surface area contributed by atoms with E-state index < -0.39 is 6.10 Å². The van der Waals surface area contributed by atoms with Gasteiger partial charge in [0.15, 0.2) is 0 Å². The zero-order valence-corrected chi connectivity index (χ0v) is 14.2. The Morgan fingerprint density at radius 2 is 1.70 bits per heavy atom. The lowest BCUT2D eigenvalue weighted by molar-refractivity contribution is 0.177. The lowest BCUT2D eigenvalue weighted by Gasteiger charge is -2.17. The SMILES string of the molecule is Cc1cc(C)c(C(O)Cc2ccc(Br)cc2Cl)cc1C. The minimum Gasteiger partial charge on any atom is -0.388 e. The number of hydrogen-bond acceptors (Lipinski definition) is 1. The maximum atomic E-state index is 10.5. The number of hydrogen-bond donors (Lipinski definition) is 1. The smallest absolute Gasteiger partial charge is 0.0833 e. The number of aliphatic hydroxyl groups excluding tert-OH is 1. The van der Waals surface area contributed by atoms with E-state index in [1.54, 1.807) is 0 Å². The van der Waals surface area contributed by atoms with E-state index in [1.807, 2.05) is 25.1 Å². The summed E-state index contributed by atoms with van der Waals surface area (Å²) in [6, 6.07) is 9.95. The summed E-state index contributed by atoms with van der Waals surface area (Å²) < 4.78 is 0.947. The second kappa shape index (κ2) is 6.30. The molecule has 3 heteroatoms. The van der Waals surface area contributed by atoms with Gasteiger partial charge in [0.25, 0.3) is 0 Å². The largest absolute Gasteiger partial charge is 0.388 e. The quantitative estimate of drug-likeness (QED) is 0.793. The van der Waals surface area contributed by atoms with Crippen LogP contribution in [0.2, 0.25) is 5.02 Å². The molecule has 0 saturated heterocycles. The Labute approximate surface area is 133 Å². The topological polar surface area (TPSA) is 20.2 Å². The van der Waals surface area contributed by atoms with Gasteiger partial charge in [-0.05, 0) is 60.7 Å². The van der Waals surface area contributed by atoms with Gasteiger partial charge in [0.2, 0.25) is 0 Å². The number of aliphatic hydroxyl groups is 1. The molecular formula is C17H18BrClO. The molecule has 0 bridgehead atoms. The fraction of sp³-hybridized carbons (Fsp3) is 0.294. The predicted octanol–water partition coefficient (Wildman–Crippen LogP) is 5.30. The maximum Gasteiger partial charge on any atom is 0.0833 e. The third kappa shape index (κ3) is 3.43. The van der Waals surface area contributed by atoms with Crippen LogP contribution in [0.15, 0.2) is 34.8 Å². The molecule has 0 aliphatic carbocycles. The third-order valence-corrected chi connectivity index (χ3v) is 4.51. The highest BCUT2D eigenvalue weighted by molar-refractivity contribution is 9.10. The number of halogens is 2. The number of benzene rings is 2. The van der Waals surface area contributed by atoms with E-state index in [9.17, 15) is 5.11 Å². The Balaban J connectivity index is 2.28. The second-order valence-electron chi connectivity index (χ2n) is 5.25. The zero-order valence-electron chi connectivity index (χ0n) is 11.9. The van der Waals surface area contributed by atoms with Crippen molar-refractivity contribution in [2.24, 2.45) is 0 Å². The molecule has 0 aliphatic heterocycles. The van der Waals surface area contributed by atoms with Crippen LogP contribution in [0.25, 0.3) is 0 Å². The molecule has 0 aromatic heterocycles. The molecule has 2 rings (SSSR count). The van der Waals surface area contributed by atoms with Gasteiger partial charge in [-0.1, -0.05) is 45.7 Å². The lowest BCUT2D eigenvalue weighted by Crippen LogP contribution is -2.05. The molecule has 1 atom stereocenters. The van der Waals surface area contributed by atoms with E-state index in [4.69, 9.17) is 11.6 Å². The molecule has 0 heterocycles. The zero-order chi connectivity index (χ0) is 14.9. The first kappa shape index (κ1) is 15.6. The van der Waals surface area contributed by atoms with Crippen molar-refractivity contribution in [2.45, 2.75) is 33.3 Å². The summed E-state index contributed by atoms with van der Waals surface area (Å²) in [4.78, 5) is 0. The summed E-state index contributed by atoms with van der Waals surface area (Å²) >= 11 is 9.61. The Bertz CT molecular complexity index is 637. The van der Waals surface area contributed by atoms with Gasteiger partial charge in [-0.15, -0.1) is 0 Å². The highest BCUT2D eigenvalue weighted by Crippen LogP contribution is 2.28. The Hall–Kier alpha value is -0.830. The van der Waals surface area contributed by atoms with Crippen LogP contribution in [0.1, 0.15) is 33.9 Å². The molecule has 2 aromatic carbocycles. The van der Waals surface area contributed by atoms with Crippen LogP contribution in [-0.4, -0.2) is 5.11 Å². The van der Waals surface area contributed by atoms with Crippen LogP contribution in [0, 0.1) is 20.8 Å². The molecule has 0 spiro atoms. The van der Waals surface area contributed by atoms with Crippen molar-refractivity contribution in [2.75, 3.05) is 0 Å². The monoisotopic (exact) mass is 352 g/mol. The van der Waals surface area contributed by atoms with Crippen LogP contribution in [0.5, 0.6) is 0 Å². The van der Waals surface area contributed by atoms with Gasteiger partial charge in [-0.25, -0.2) is 0 Å². The summed E-state index contributed by atoms with van der Waals surface area (Å²) in [7, 11) is 0. The van der Waals surface area contributed by atoms with E-state index in [1.165, 1.54) is 11.1 Å². The molecule has 0 fully saturated rings. The second-order valence-corrected chi connectivity index (χ2v) is 6.57. The normalized spacial score (nSPS) is 12.5. The highest BCUT2D eigenvalue weighted by Gasteiger charge is 2.14. The number of rotatable bonds is 3. The van der Waals surface area contributed by atoms with Crippen LogP contribution in [0.3, 0.4) is 0 Å². The van der Waals surface area contributed by atoms with Crippen molar-refractivity contribution in [3.8, 4) is 0 Å². The van der Waals surface area contributed by atoms with E-state index in [2.05, 4.69) is 41.9 Å². The molecule has 0 amide bonds.